The fourth-order valence-electron chi connectivity index (χ4n) is 7.19. The van der Waals surface area contributed by atoms with Crippen LogP contribution in [-0.4, -0.2) is 67.2 Å². The molecule has 2 aliphatic heterocycles. The maximum atomic E-state index is 12.9. The van der Waals surface area contributed by atoms with Gasteiger partial charge in [-0.2, -0.15) is 0 Å². The lowest BCUT2D eigenvalue weighted by Gasteiger charge is -2.28. The SMILES string of the molecule is CC(C)(C)OC(=O)N1CCC([C@H]2C[C@@H](n3cc(-c4nc(Cc5ccccc5)cs4)c4c(N)ncnc43)[C@@H]3OC(C)(C)O[C@@H]32)C1. The van der Waals surface area contributed by atoms with E-state index in [0.717, 1.165) is 46.6 Å². The number of nitrogens with zero attached hydrogens (tertiary/aromatic N) is 5. The summed E-state index contributed by atoms with van der Waals surface area (Å²) < 4.78 is 21.1. The van der Waals surface area contributed by atoms with E-state index in [9.17, 15) is 4.79 Å². The molecule has 1 aromatic carbocycles. The molecule has 7 rings (SSSR count). The second kappa shape index (κ2) is 10.8. The van der Waals surface area contributed by atoms with E-state index >= 15 is 0 Å². The van der Waals surface area contributed by atoms with E-state index in [4.69, 9.17) is 29.9 Å². The molecule has 3 aromatic heterocycles. The topological polar surface area (TPSA) is 118 Å². The summed E-state index contributed by atoms with van der Waals surface area (Å²) in [5.41, 5.74) is 9.91. The molecule has 11 heteroatoms. The molecule has 4 aromatic rings. The highest BCUT2D eigenvalue weighted by Gasteiger charge is 2.57. The van der Waals surface area contributed by atoms with Gasteiger partial charge in [0.15, 0.2) is 5.79 Å². The molecule has 2 N–H and O–H groups in total. The van der Waals surface area contributed by atoms with E-state index in [2.05, 4.69) is 33.3 Å². The Bertz CT molecular complexity index is 1680. The zero-order valence-corrected chi connectivity index (χ0v) is 26.7. The standard InChI is InChI=1S/C33H40N6O4S/c1-32(2,3)43-31(40)38-12-11-20(15-38)22-14-24(27-26(22)41-33(4,5)42-27)39-16-23(25-28(34)35-18-36-29(25)39)30-37-21(17-44-30)13-19-9-7-6-8-10-19/h6-10,16-18,20,22,24,26-27H,11-15H2,1-5H3,(H2,34,35,36)/t20?,22-,24-,26-,27+/m1/s1. The second-order valence-corrected chi connectivity index (χ2v) is 14.6. The molecule has 2 saturated heterocycles. The van der Waals surface area contributed by atoms with Crippen LogP contribution in [-0.2, 0) is 20.6 Å². The Hall–Kier alpha value is -3.54. The van der Waals surface area contributed by atoms with Gasteiger partial charge in [0.1, 0.15) is 34.5 Å². The number of carbonyl (C=O) groups is 1. The van der Waals surface area contributed by atoms with Crippen LogP contribution in [0.1, 0.15) is 64.8 Å². The van der Waals surface area contributed by atoms with Crippen molar-refractivity contribution in [3.8, 4) is 10.6 Å². The largest absolute Gasteiger partial charge is 0.444 e. The van der Waals surface area contributed by atoms with E-state index in [0.29, 0.717) is 18.9 Å². The summed E-state index contributed by atoms with van der Waals surface area (Å²) in [7, 11) is 0. The van der Waals surface area contributed by atoms with Crippen molar-refractivity contribution in [2.45, 2.75) is 83.5 Å². The summed E-state index contributed by atoms with van der Waals surface area (Å²) in [6, 6.07) is 10.3. The highest BCUT2D eigenvalue weighted by molar-refractivity contribution is 7.13. The molecule has 1 aliphatic carbocycles. The minimum absolute atomic E-state index is 0.0309. The maximum absolute atomic E-state index is 12.9. The van der Waals surface area contributed by atoms with Crippen LogP contribution in [0.15, 0.2) is 48.2 Å². The highest BCUT2D eigenvalue weighted by Crippen LogP contribution is 2.52. The predicted molar refractivity (Wildman–Crippen MR) is 169 cm³/mol. The van der Waals surface area contributed by atoms with Gasteiger partial charge in [-0.1, -0.05) is 30.3 Å². The zero-order valence-electron chi connectivity index (χ0n) is 25.9. The van der Waals surface area contributed by atoms with Gasteiger partial charge in [-0.15, -0.1) is 11.3 Å². The van der Waals surface area contributed by atoms with E-state index in [1.54, 1.807) is 11.3 Å². The molecule has 10 nitrogen and oxygen atoms in total. The van der Waals surface area contributed by atoms with Crippen molar-refractivity contribution in [1.29, 1.82) is 0 Å². The van der Waals surface area contributed by atoms with E-state index in [1.165, 1.54) is 11.9 Å². The van der Waals surface area contributed by atoms with Gasteiger partial charge in [0.25, 0.3) is 0 Å². The summed E-state index contributed by atoms with van der Waals surface area (Å²) in [5, 5.41) is 3.81. The monoisotopic (exact) mass is 616 g/mol. The van der Waals surface area contributed by atoms with Gasteiger partial charge in [0, 0.05) is 36.7 Å². The highest BCUT2D eigenvalue weighted by atomic mass is 32.1. The first-order valence-electron chi connectivity index (χ1n) is 15.4. The number of nitrogens with two attached hydrogens (primary N) is 1. The van der Waals surface area contributed by atoms with Crippen LogP contribution in [0.25, 0.3) is 21.6 Å². The van der Waals surface area contributed by atoms with Gasteiger partial charge in [-0.05, 0) is 64.9 Å². The van der Waals surface area contributed by atoms with Crippen LogP contribution in [0, 0.1) is 11.8 Å². The van der Waals surface area contributed by atoms with Gasteiger partial charge in [0.2, 0.25) is 0 Å². The third kappa shape index (κ3) is 5.46. The minimum atomic E-state index is -0.711. The number of nitrogen functional groups attached to an aromatic ring is 1. The number of fused-ring (bicyclic) bond motifs is 2. The van der Waals surface area contributed by atoms with Crippen LogP contribution in [0.3, 0.4) is 0 Å². The number of benzene rings is 1. The molecule has 1 saturated carbocycles. The molecule has 3 fully saturated rings. The lowest BCUT2D eigenvalue weighted by molar-refractivity contribution is -0.162. The average Bonchev–Trinajstić information content (AvgIpc) is 3.77. The lowest BCUT2D eigenvalue weighted by Crippen LogP contribution is -2.37. The summed E-state index contributed by atoms with van der Waals surface area (Å²) in [6.07, 6.45) is 5.63. The number of aromatic nitrogens is 4. The molecule has 232 valence electrons. The first kappa shape index (κ1) is 29.2. The number of ether oxygens (including phenoxy) is 3. The smallest absolute Gasteiger partial charge is 0.410 e. The lowest BCUT2D eigenvalue weighted by atomic mass is 9.88. The second-order valence-electron chi connectivity index (χ2n) is 13.7. The van der Waals surface area contributed by atoms with Crippen molar-refractivity contribution in [3.05, 3.63) is 59.5 Å². The van der Waals surface area contributed by atoms with Crippen LogP contribution >= 0.6 is 11.3 Å². The Kier molecular flexibility index (Phi) is 7.17. The third-order valence-corrected chi connectivity index (χ3v) is 9.89. The van der Waals surface area contributed by atoms with Crippen LogP contribution in [0.2, 0.25) is 0 Å². The predicted octanol–water partition coefficient (Wildman–Crippen LogP) is 6.07. The van der Waals surface area contributed by atoms with Crippen molar-refractivity contribution in [1.82, 2.24) is 24.4 Å². The molecule has 44 heavy (non-hydrogen) atoms. The molecule has 1 amide bonds. The summed E-state index contributed by atoms with van der Waals surface area (Å²) >= 11 is 1.61. The number of hydrogen-bond donors (Lipinski definition) is 1. The Balaban J connectivity index is 1.20. The van der Waals surface area contributed by atoms with E-state index in [1.807, 2.05) is 57.7 Å². The number of amides is 1. The quantitative estimate of drug-likeness (QED) is 0.287. The molecule has 1 unspecified atom stereocenters. The first-order chi connectivity index (χ1) is 21.0. The number of carbonyl (C=O) groups excluding carboxylic acids is 1. The number of thiazole rings is 1. The molecule has 5 heterocycles. The fourth-order valence-corrected chi connectivity index (χ4v) is 8.03. The summed E-state index contributed by atoms with van der Waals surface area (Å²) in [5.74, 6) is 0.203. The van der Waals surface area contributed by atoms with Crippen molar-refractivity contribution in [2.24, 2.45) is 11.8 Å². The Morgan fingerprint density at radius 2 is 1.93 bits per heavy atom. The van der Waals surface area contributed by atoms with Gasteiger partial charge in [-0.25, -0.2) is 19.7 Å². The Labute approximate surface area is 261 Å². The number of anilines is 1. The van der Waals surface area contributed by atoms with Crippen molar-refractivity contribution in [3.63, 3.8) is 0 Å². The maximum Gasteiger partial charge on any atom is 0.410 e. The van der Waals surface area contributed by atoms with Crippen LogP contribution in [0.4, 0.5) is 10.6 Å². The summed E-state index contributed by atoms with van der Waals surface area (Å²) in [6.45, 7) is 11.0. The molecular weight excluding hydrogens is 576 g/mol. The fraction of sp³-hybridized carbons (Fsp3) is 0.515. The van der Waals surface area contributed by atoms with Crippen LogP contribution in [0.5, 0.6) is 0 Å². The average molecular weight is 617 g/mol. The number of rotatable bonds is 5. The van der Waals surface area contributed by atoms with Crippen molar-refractivity contribution < 1.29 is 19.0 Å². The first-order valence-corrected chi connectivity index (χ1v) is 16.3. The van der Waals surface area contributed by atoms with Crippen molar-refractivity contribution in [2.75, 3.05) is 18.8 Å². The zero-order chi connectivity index (χ0) is 30.8. The third-order valence-electron chi connectivity index (χ3n) is 8.97. The van der Waals surface area contributed by atoms with E-state index < -0.39 is 11.4 Å². The van der Waals surface area contributed by atoms with Crippen molar-refractivity contribution >= 4 is 34.3 Å². The molecule has 0 radical (unpaired) electrons. The molecule has 0 bridgehead atoms. The molecule has 3 aliphatic rings. The van der Waals surface area contributed by atoms with Gasteiger partial charge in [0.05, 0.1) is 23.2 Å². The molecule has 0 spiro atoms. The van der Waals surface area contributed by atoms with E-state index in [-0.39, 0.29) is 36.2 Å². The van der Waals surface area contributed by atoms with Gasteiger partial charge >= 0.3 is 6.09 Å². The Morgan fingerprint density at radius 3 is 2.70 bits per heavy atom. The number of likely N-dealkylation sites (tertiary alicyclic amines) is 1. The molecule has 5 atom stereocenters. The Morgan fingerprint density at radius 1 is 1.16 bits per heavy atom. The molecular formula is C33H40N6O4S. The summed E-state index contributed by atoms with van der Waals surface area (Å²) in [4.78, 5) is 28.8. The normalized spacial score (nSPS) is 26.4. The van der Waals surface area contributed by atoms with Crippen LogP contribution < -0.4 is 5.73 Å². The van der Waals surface area contributed by atoms with Gasteiger partial charge in [-0.3, -0.25) is 0 Å². The minimum Gasteiger partial charge on any atom is -0.444 e. The van der Waals surface area contributed by atoms with Gasteiger partial charge < -0.3 is 29.4 Å². The number of hydrogen-bond acceptors (Lipinski definition) is 9.